The minimum Gasteiger partial charge on any atom is -0.462 e. The van der Waals surface area contributed by atoms with Crippen molar-refractivity contribution in [2.45, 2.75) is 309 Å². The number of carbonyl (C=O) groups is 3. The summed E-state index contributed by atoms with van der Waals surface area (Å²) in [6, 6.07) is 0. The number of hydrogen-bond donors (Lipinski definition) is 0. The molecule has 0 radical (unpaired) electrons. The van der Waals surface area contributed by atoms with Gasteiger partial charge in [0.25, 0.3) is 0 Å². The summed E-state index contributed by atoms with van der Waals surface area (Å²) in [5, 5.41) is 0. The molecular weight excluding hydrogens is 757 g/mol. The summed E-state index contributed by atoms with van der Waals surface area (Å²) in [6.45, 7) is 6.67. The van der Waals surface area contributed by atoms with E-state index in [1.54, 1.807) is 0 Å². The Morgan fingerprint density at radius 2 is 0.541 bits per heavy atom. The van der Waals surface area contributed by atoms with Crippen LogP contribution in [0.25, 0.3) is 0 Å². The average Bonchev–Trinajstić information content (AvgIpc) is 3.26. The molecule has 0 saturated carbocycles. The van der Waals surface area contributed by atoms with Crippen LogP contribution in [0.1, 0.15) is 303 Å². The number of ether oxygens (including phenoxy) is 3. The van der Waals surface area contributed by atoms with E-state index in [-0.39, 0.29) is 31.1 Å². The van der Waals surface area contributed by atoms with Gasteiger partial charge in [0, 0.05) is 19.3 Å². The third-order valence-electron chi connectivity index (χ3n) is 12.3. The van der Waals surface area contributed by atoms with Crippen molar-refractivity contribution >= 4 is 17.9 Å². The summed E-state index contributed by atoms with van der Waals surface area (Å²) >= 11 is 0. The Hall–Kier alpha value is -1.85. The Balaban J connectivity index is 4.32. The highest BCUT2D eigenvalue weighted by molar-refractivity contribution is 5.71. The van der Waals surface area contributed by atoms with Gasteiger partial charge in [-0.2, -0.15) is 0 Å². The van der Waals surface area contributed by atoms with Gasteiger partial charge in [0.1, 0.15) is 13.2 Å². The first-order valence-corrected chi connectivity index (χ1v) is 27.2. The van der Waals surface area contributed by atoms with Gasteiger partial charge < -0.3 is 14.2 Å². The molecule has 0 spiro atoms. The second-order valence-corrected chi connectivity index (χ2v) is 18.5. The van der Waals surface area contributed by atoms with Gasteiger partial charge in [-0.3, -0.25) is 14.4 Å². The van der Waals surface area contributed by atoms with Crippen molar-refractivity contribution in [3.05, 3.63) is 12.2 Å². The highest BCUT2D eigenvalue weighted by Crippen LogP contribution is 2.16. The Morgan fingerprint density at radius 1 is 0.311 bits per heavy atom. The summed E-state index contributed by atoms with van der Waals surface area (Å²) in [5.74, 6) is -0.856. The summed E-state index contributed by atoms with van der Waals surface area (Å²) < 4.78 is 16.8. The standard InChI is InChI=1S/C55H104O6/c1-4-7-10-13-16-19-22-25-27-30-32-35-38-41-44-47-53(56)59-50-52(61-55(58)49-46-43-40-37-34-29-24-21-18-15-12-9-6-3)51-60-54(57)48-45-42-39-36-33-31-28-26-23-20-17-14-11-8-5-2/h25,27,52H,4-24,26,28-51H2,1-3H3/b27-25-/t52-/m0/s1. The lowest BCUT2D eigenvalue weighted by molar-refractivity contribution is -0.167. The second-order valence-electron chi connectivity index (χ2n) is 18.5. The molecule has 6 nitrogen and oxygen atoms in total. The van der Waals surface area contributed by atoms with Crippen molar-refractivity contribution in [3.8, 4) is 0 Å². The molecule has 0 amide bonds. The summed E-state index contributed by atoms with van der Waals surface area (Å²) in [4.78, 5) is 38.0. The molecule has 0 aromatic heterocycles. The SMILES string of the molecule is CCCCCCCC/C=C\CCCCCCCC(=O)OC[C@@H](COC(=O)CCCCCCCCCCCCCCCCC)OC(=O)CCCCCCCCCCCCCCC. The van der Waals surface area contributed by atoms with Crippen LogP contribution in [0.2, 0.25) is 0 Å². The molecule has 0 saturated heterocycles. The molecule has 0 aliphatic rings. The number of hydrogen-bond acceptors (Lipinski definition) is 6. The minimum atomic E-state index is -0.766. The molecule has 1 atom stereocenters. The van der Waals surface area contributed by atoms with E-state index in [0.717, 1.165) is 64.2 Å². The first kappa shape index (κ1) is 59.1. The van der Waals surface area contributed by atoms with Crippen molar-refractivity contribution in [2.75, 3.05) is 13.2 Å². The Morgan fingerprint density at radius 3 is 0.820 bits per heavy atom. The molecular formula is C55H104O6. The lowest BCUT2D eigenvalue weighted by atomic mass is 10.0. The van der Waals surface area contributed by atoms with Gasteiger partial charge in [-0.15, -0.1) is 0 Å². The van der Waals surface area contributed by atoms with Crippen LogP contribution in [-0.2, 0) is 28.6 Å². The molecule has 0 fully saturated rings. The van der Waals surface area contributed by atoms with E-state index in [0.29, 0.717) is 19.3 Å². The van der Waals surface area contributed by atoms with Crippen molar-refractivity contribution in [1.82, 2.24) is 0 Å². The second kappa shape index (κ2) is 50.8. The van der Waals surface area contributed by atoms with Crippen molar-refractivity contribution in [1.29, 1.82) is 0 Å². The van der Waals surface area contributed by atoms with Gasteiger partial charge in [-0.05, 0) is 44.9 Å². The fourth-order valence-electron chi connectivity index (χ4n) is 8.14. The molecule has 0 aromatic carbocycles. The smallest absolute Gasteiger partial charge is 0.306 e. The first-order chi connectivity index (χ1) is 30.0. The molecule has 0 aliphatic carbocycles. The monoisotopic (exact) mass is 861 g/mol. The van der Waals surface area contributed by atoms with Gasteiger partial charge in [-0.25, -0.2) is 0 Å². The predicted octanol–water partition coefficient (Wildman–Crippen LogP) is 17.8. The molecule has 0 N–H and O–H groups in total. The van der Waals surface area contributed by atoms with Gasteiger partial charge in [0.15, 0.2) is 6.10 Å². The highest BCUT2D eigenvalue weighted by atomic mass is 16.6. The third kappa shape index (κ3) is 49.0. The summed E-state index contributed by atoms with van der Waals surface area (Å²) in [6.07, 6.45) is 56.2. The maximum absolute atomic E-state index is 12.8. The van der Waals surface area contributed by atoms with Crippen LogP contribution in [0.5, 0.6) is 0 Å². The van der Waals surface area contributed by atoms with Crippen LogP contribution < -0.4 is 0 Å². The topological polar surface area (TPSA) is 78.9 Å². The maximum Gasteiger partial charge on any atom is 0.306 e. The fraction of sp³-hybridized carbons (Fsp3) is 0.909. The van der Waals surface area contributed by atoms with E-state index in [4.69, 9.17) is 14.2 Å². The Bertz CT molecular complexity index is 947. The maximum atomic E-state index is 12.8. The van der Waals surface area contributed by atoms with E-state index >= 15 is 0 Å². The zero-order valence-electron chi connectivity index (χ0n) is 41.2. The van der Waals surface area contributed by atoms with Crippen LogP contribution in [-0.4, -0.2) is 37.2 Å². The van der Waals surface area contributed by atoms with Crippen molar-refractivity contribution in [2.24, 2.45) is 0 Å². The van der Waals surface area contributed by atoms with Crippen LogP contribution in [0, 0.1) is 0 Å². The normalized spacial score (nSPS) is 12.0. The third-order valence-corrected chi connectivity index (χ3v) is 12.3. The number of esters is 3. The first-order valence-electron chi connectivity index (χ1n) is 27.2. The van der Waals surface area contributed by atoms with Crippen LogP contribution in [0.4, 0.5) is 0 Å². The quantitative estimate of drug-likeness (QED) is 0.0262. The minimum absolute atomic E-state index is 0.0669. The predicted molar refractivity (Wildman–Crippen MR) is 261 cm³/mol. The zero-order chi connectivity index (χ0) is 44.4. The molecule has 0 bridgehead atoms. The van der Waals surface area contributed by atoms with Crippen LogP contribution >= 0.6 is 0 Å². The number of unbranched alkanes of at least 4 members (excludes halogenated alkanes) is 37. The van der Waals surface area contributed by atoms with Crippen molar-refractivity contribution in [3.63, 3.8) is 0 Å². The molecule has 0 unspecified atom stereocenters. The number of allylic oxidation sites excluding steroid dienone is 2. The van der Waals surface area contributed by atoms with E-state index in [2.05, 4.69) is 32.9 Å². The van der Waals surface area contributed by atoms with Crippen LogP contribution in [0.15, 0.2) is 12.2 Å². The fourth-order valence-corrected chi connectivity index (χ4v) is 8.14. The molecule has 6 heteroatoms. The summed E-state index contributed by atoms with van der Waals surface area (Å²) in [5.41, 5.74) is 0. The Kier molecular flexibility index (Phi) is 49.3. The van der Waals surface area contributed by atoms with E-state index < -0.39 is 6.10 Å². The lowest BCUT2D eigenvalue weighted by Crippen LogP contribution is -2.30. The highest BCUT2D eigenvalue weighted by Gasteiger charge is 2.19. The molecule has 61 heavy (non-hydrogen) atoms. The van der Waals surface area contributed by atoms with E-state index in [1.807, 2.05) is 0 Å². The summed E-state index contributed by atoms with van der Waals surface area (Å²) in [7, 11) is 0. The molecule has 360 valence electrons. The van der Waals surface area contributed by atoms with Gasteiger partial charge in [0.05, 0.1) is 0 Å². The lowest BCUT2D eigenvalue weighted by Gasteiger charge is -2.18. The van der Waals surface area contributed by atoms with Gasteiger partial charge >= 0.3 is 17.9 Å². The van der Waals surface area contributed by atoms with Gasteiger partial charge in [-0.1, -0.05) is 251 Å². The zero-order valence-corrected chi connectivity index (χ0v) is 41.2. The largest absolute Gasteiger partial charge is 0.462 e. The Labute approximate surface area is 380 Å². The molecule has 0 rings (SSSR count). The van der Waals surface area contributed by atoms with E-state index in [1.165, 1.54) is 199 Å². The molecule has 0 aliphatic heterocycles. The molecule has 0 aromatic rings. The van der Waals surface area contributed by atoms with Crippen LogP contribution in [0.3, 0.4) is 0 Å². The molecule has 0 heterocycles. The average molecular weight is 861 g/mol. The van der Waals surface area contributed by atoms with E-state index in [9.17, 15) is 14.4 Å². The van der Waals surface area contributed by atoms with Gasteiger partial charge in [0.2, 0.25) is 0 Å². The number of carbonyl (C=O) groups excluding carboxylic acids is 3. The van der Waals surface area contributed by atoms with Crippen molar-refractivity contribution < 1.29 is 28.6 Å². The number of rotatable bonds is 50.